The first-order chi connectivity index (χ1) is 28.2. The summed E-state index contributed by atoms with van der Waals surface area (Å²) in [5, 5.41) is 22.3. The van der Waals surface area contributed by atoms with Crippen molar-refractivity contribution in [1.82, 2.24) is 25.1 Å². The van der Waals surface area contributed by atoms with Gasteiger partial charge >= 0.3 is 5.97 Å². The molecule has 0 radical (unpaired) electrons. The molecular weight excluding hydrogens is 765 g/mol. The van der Waals surface area contributed by atoms with Crippen LogP contribution in [0.15, 0.2) is 60.8 Å². The number of amides is 2. The Morgan fingerprint density at radius 1 is 0.932 bits per heavy atom. The number of thiazole rings is 1. The number of nitrogens with two attached hydrogens (primary N) is 1. The van der Waals surface area contributed by atoms with Gasteiger partial charge in [0.2, 0.25) is 5.91 Å². The van der Waals surface area contributed by atoms with E-state index in [0.29, 0.717) is 67.7 Å². The molecule has 2 aromatic carbocycles. The van der Waals surface area contributed by atoms with Gasteiger partial charge in [0.1, 0.15) is 5.82 Å². The second-order valence-corrected chi connectivity index (χ2v) is 19.4. The molecule has 14 heteroatoms. The van der Waals surface area contributed by atoms with E-state index in [-0.39, 0.29) is 39.4 Å². The fourth-order valence-corrected chi connectivity index (χ4v) is 13.0. The van der Waals surface area contributed by atoms with Crippen molar-refractivity contribution in [2.75, 3.05) is 36.5 Å². The third-order valence-electron chi connectivity index (χ3n) is 13.2. The van der Waals surface area contributed by atoms with E-state index in [1.165, 1.54) is 17.8 Å². The molecule has 4 aliphatic carbocycles. The number of anilines is 2. The lowest BCUT2D eigenvalue weighted by atomic mass is 9.39. The Morgan fingerprint density at radius 2 is 1.73 bits per heavy atom. The Kier molecular flexibility index (Phi) is 9.87. The molecular formula is C45H52N8O5S. The fourth-order valence-electron chi connectivity index (χ4n) is 12.1. The molecule has 2 amide bonds. The maximum absolute atomic E-state index is 13.6. The summed E-state index contributed by atoms with van der Waals surface area (Å²) in [6, 6.07) is 17.3. The molecule has 1 aliphatic heterocycles. The molecule has 2 atom stereocenters. The summed E-state index contributed by atoms with van der Waals surface area (Å²) >= 11 is 1.44. The number of carbonyl (C=O) groups is 3. The summed E-state index contributed by atoms with van der Waals surface area (Å²) in [6.45, 7) is 10.5. The largest absolute Gasteiger partial charge is 0.476 e. The van der Waals surface area contributed by atoms with Gasteiger partial charge in [-0.25, -0.2) is 14.8 Å². The summed E-state index contributed by atoms with van der Waals surface area (Å²) in [5.41, 5.74) is 11.0. The van der Waals surface area contributed by atoms with Crippen LogP contribution >= 0.6 is 11.3 Å². The normalized spacial score (nSPS) is 25.6. The highest BCUT2D eigenvalue weighted by Gasteiger charge is 2.66. The van der Waals surface area contributed by atoms with Crippen molar-refractivity contribution in [2.24, 2.45) is 22.0 Å². The number of ether oxygens (including phenoxy) is 1. The zero-order valence-corrected chi connectivity index (χ0v) is 34.8. The minimum atomic E-state index is -1.10. The number of aromatic nitrogens is 4. The fraction of sp³-hybridized carbons (Fsp3) is 0.467. The number of pyridine rings is 1. The summed E-state index contributed by atoms with van der Waals surface area (Å²) in [6.07, 6.45) is 9.24. The summed E-state index contributed by atoms with van der Waals surface area (Å²) < 4.78 is 9.90. The second-order valence-electron chi connectivity index (χ2n) is 18.4. The lowest BCUT2D eigenvalue weighted by Crippen LogP contribution is -2.64. The number of nitrogens with one attached hydrogen (secondary N) is 2. The van der Waals surface area contributed by atoms with Crippen LogP contribution in [0.4, 0.5) is 10.9 Å². The van der Waals surface area contributed by atoms with Crippen LogP contribution in [0, 0.1) is 23.2 Å². The smallest absolute Gasteiger partial charge is 0.355 e. The summed E-state index contributed by atoms with van der Waals surface area (Å²) in [4.78, 5) is 49.1. The van der Waals surface area contributed by atoms with Gasteiger partial charge in [-0.2, -0.15) is 5.10 Å². The summed E-state index contributed by atoms with van der Waals surface area (Å²) in [7, 11) is 0. The number of hydrogen-bond acceptors (Lipinski definition) is 10. The standard InChI is InChI=1S/C45H52N8O5S/c1-28-32(19-48-53(28)27-44-22-42(2)21-43(3,23-44)25-45(24-42,26-44)58-18-16-47-15-13-36(46)54)30-11-12-37(50-38(30)40(56)57)52-17-14-29-7-6-8-31(33(29)20-52)39(55)51-41-49-34-9-4-5-10-35(34)59-41/h4-12,19,47H,13-18,20-27H2,1-3H3,(H2,46,54)(H,56,57)(H,49,51,55). The molecule has 13 nitrogen and oxygen atoms in total. The molecule has 4 saturated carbocycles. The topological polar surface area (TPSA) is 178 Å². The van der Waals surface area contributed by atoms with E-state index in [1.54, 1.807) is 6.20 Å². The molecule has 4 fully saturated rings. The number of rotatable bonds is 14. The molecule has 4 heterocycles. The van der Waals surface area contributed by atoms with E-state index >= 15 is 0 Å². The molecule has 10 rings (SSSR count). The van der Waals surface area contributed by atoms with Gasteiger partial charge in [-0.05, 0) is 110 Å². The molecule has 5 N–H and O–H groups in total. The van der Waals surface area contributed by atoms with E-state index in [2.05, 4.69) is 34.1 Å². The molecule has 3 aromatic heterocycles. The van der Waals surface area contributed by atoms with E-state index in [1.807, 2.05) is 66.4 Å². The number of carboxylic acid groups (broad SMARTS) is 1. The van der Waals surface area contributed by atoms with Crippen molar-refractivity contribution in [3.63, 3.8) is 0 Å². The van der Waals surface area contributed by atoms with Crippen LogP contribution in [0.3, 0.4) is 0 Å². The van der Waals surface area contributed by atoms with E-state index in [4.69, 9.17) is 20.6 Å². The van der Waals surface area contributed by atoms with Crippen LogP contribution < -0.4 is 21.3 Å². The van der Waals surface area contributed by atoms with Crippen molar-refractivity contribution in [1.29, 1.82) is 0 Å². The lowest BCUT2D eigenvalue weighted by Gasteiger charge is -2.69. The Balaban J connectivity index is 0.930. The molecule has 5 aromatic rings. The number of fused-ring (bicyclic) bond motifs is 2. The molecule has 2 unspecified atom stereocenters. The average Bonchev–Trinajstić information content (AvgIpc) is 3.75. The predicted molar refractivity (Wildman–Crippen MR) is 228 cm³/mol. The number of hydrogen-bond donors (Lipinski definition) is 4. The van der Waals surface area contributed by atoms with E-state index in [0.717, 1.165) is 71.2 Å². The SMILES string of the molecule is Cc1c(-c2ccc(N3CCc4cccc(C(=O)Nc5nc6ccccc6s5)c4C3)nc2C(=O)O)cnn1CC12CC3(C)CC(C)(C1)CC(OCCNCCC(N)=O)(C3)C2. The monoisotopic (exact) mass is 816 g/mol. The van der Waals surface area contributed by atoms with Crippen LogP contribution in [0.2, 0.25) is 0 Å². The van der Waals surface area contributed by atoms with Crippen LogP contribution in [0.1, 0.15) is 96.5 Å². The van der Waals surface area contributed by atoms with Crippen molar-refractivity contribution < 1.29 is 24.2 Å². The van der Waals surface area contributed by atoms with Crippen LogP contribution in [0.5, 0.6) is 0 Å². The molecule has 4 bridgehead atoms. The Morgan fingerprint density at radius 3 is 2.49 bits per heavy atom. The number of primary amides is 1. The van der Waals surface area contributed by atoms with E-state index < -0.39 is 5.97 Å². The van der Waals surface area contributed by atoms with E-state index in [9.17, 15) is 19.5 Å². The molecule has 0 spiro atoms. The van der Waals surface area contributed by atoms with Gasteiger partial charge in [0, 0.05) is 61.5 Å². The Hall–Kier alpha value is -5.18. The quantitative estimate of drug-likeness (QED) is 0.0856. The number of carbonyl (C=O) groups excluding carboxylic acids is 2. The lowest BCUT2D eigenvalue weighted by molar-refractivity contribution is -0.247. The first-order valence-electron chi connectivity index (χ1n) is 20.7. The number of para-hydroxylation sites is 1. The van der Waals surface area contributed by atoms with Crippen LogP contribution in [0.25, 0.3) is 21.3 Å². The van der Waals surface area contributed by atoms with Gasteiger partial charge in [0.05, 0.1) is 28.6 Å². The van der Waals surface area contributed by atoms with Crippen molar-refractivity contribution in [2.45, 2.75) is 90.8 Å². The highest BCUT2D eigenvalue weighted by Crippen LogP contribution is 2.72. The van der Waals surface area contributed by atoms with Crippen LogP contribution in [-0.4, -0.2) is 74.5 Å². The number of benzene rings is 2. The van der Waals surface area contributed by atoms with Crippen molar-refractivity contribution >= 4 is 50.3 Å². The molecule has 5 aliphatic rings. The van der Waals surface area contributed by atoms with Crippen LogP contribution in [-0.2, 0) is 29.0 Å². The second kappa shape index (κ2) is 14.8. The third-order valence-corrected chi connectivity index (χ3v) is 14.2. The maximum atomic E-state index is 13.6. The number of nitrogens with zero attached hydrogens (tertiary/aromatic N) is 5. The average molecular weight is 817 g/mol. The molecule has 308 valence electrons. The van der Waals surface area contributed by atoms with Gasteiger partial charge in [0.25, 0.3) is 5.91 Å². The van der Waals surface area contributed by atoms with Gasteiger partial charge < -0.3 is 25.8 Å². The van der Waals surface area contributed by atoms with Gasteiger partial charge in [-0.1, -0.05) is 49.4 Å². The van der Waals surface area contributed by atoms with Gasteiger partial charge in [-0.3, -0.25) is 19.6 Å². The summed E-state index contributed by atoms with van der Waals surface area (Å²) in [5.74, 6) is -1.09. The van der Waals surface area contributed by atoms with Crippen molar-refractivity contribution in [3.8, 4) is 11.1 Å². The Labute approximate surface area is 347 Å². The highest BCUT2D eigenvalue weighted by atomic mass is 32.1. The number of aromatic carboxylic acids is 1. The highest BCUT2D eigenvalue weighted by molar-refractivity contribution is 7.22. The zero-order valence-electron chi connectivity index (χ0n) is 34.0. The number of carboxylic acids is 1. The molecule has 0 saturated heterocycles. The third kappa shape index (κ3) is 7.62. The zero-order chi connectivity index (χ0) is 41.2. The minimum absolute atomic E-state index is 0.00185. The molecule has 59 heavy (non-hydrogen) atoms. The Bertz CT molecular complexity index is 2430. The van der Waals surface area contributed by atoms with Gasteiger partial charge in [0.15, 0.2) is 10.8 Å². The van der Waals surface area contributed by atoms with Crippen molar-refractivity contribution in [3.05, 3.63) is 88.9 Å². The first kappa shape index (κ1) is 39.3. The predicted octanol–water partition coefficient (Wildman–Crippen LogP) is 6.98. The maximum Gasteiger partial charge on any atom is 0.355 e. The van der Waals surface area contributed by atoms with Gasteiger partial charge in [-0.15, -0.1) is 0 Å². The first-order valence-corrected chi connectivity index (χ1v) is 21.5. The minimum Gasteiger partial charge on any atom is -0.476 e.